The number of nitrogens with one attached hydrogen (secondary N) is 1. The molecule has 3 rings (SSSR count). The van der Waals surface area contributed by atoms with Crippen molar-refractivity contribution in [1.82, 2.24) is 15.0 Å². The summed E-state index contributed by atoms with van der Waals surface area (Å²) in [7, 11) is 0. The minimum atomic E-state index is -0.431. The van der Waals surface area contributed by atoms with Gasteiger partial charge in [-0.2, -0.15) is 0 Å². The number of nitro groups is 1. The molecule has 0 amide bonds. The lowest BCUT2D eigenvalue weighted by atomic mass is 10.2. The number of aromatic amines is 1. The van der Waals surface area contributed by atoms with Crippen molar-refractivity contribution in [3.8, 4) is 11.4 Å². The number of benzene rings is 1. The molecule has 6 nitrogen and oxygen atoms in total. The number of nitro benzene ring substituents is 1. The van der Waals surface area contributed by atoms with Crippen molar-refractivity contribution in [2.24, 2.45) is 0 Å². The summed E-state index contributed by atoms with van der Waals surface area (Å²) in [5.74, 6) is 0.599. The largest absolute Gasteiger partial charge is 0.338 e. The summed E-state index contributed by atoms with van der Waals surface area (Å²) in [6.45, 7) is 0. The molecule has 0 unspecified atom stereocenters. The molecule has 0 radical (unpaired) electrons. The molecule has 2 heterocycles. The van der Waals surface area contributed by atoms with Crippen LogP contribution in [0.1, 0.15) is 0 Å². The molecule has 1 N–H and O–H groups in total. The average molecular weight is 240 g/mol. The molecule has 0 aliphatic heterocycles. The Morgan fingerprint density at radius 2 is 1.94 bits per heavy atom. The highest BCUT2D eigenvalue weighted by Crippen LogP contribution is 2.26. The minimum absolute atomic E-state index is 0.00376. The zero-order valence-electron chi connectivity index (χ0n) is 9.20. The SMILES string of the molecule is O=[N+]([O-])c1cccc2[nH]c(-c3ccncc3)nc12. The summed E-state index contributed by atoms with van der Waals surface area (Å²) >= 11 is 0. The fraction of sp³-hybridized carbons (Fsp3) is 0. The molecule has 0 bridgehead atoms. The van der Waals surface area contributed by atoms with E-state index >= 15 is 0 Å². The second kappa shape index (κ2) is 3.92. The van der Waals surface area contributed by atoms with Crippen LogP contribution in [0, 0.1) is 10.1 Å². The second-order valence-electron chi connectivity index (χ2n) is 3.75. The molecule has 3 aromatic rings. The predicted molar refractivity (Wildman–Crippen MR) is 66.0 cm³/mol. The second-order valence-corrected chi connectivity index (χ2v) is 3.75. The first-order valence-electron chi connectivity index (χ1n) is 5.29. The Bertz CT molecular complexity index is 721. The van der Waals surface area contributed by atoms with Gasteiger partial charge in [-0.05, 0) is 18.2 Å². The quantitative estimate of drug-likeness (QED) is 0.551. The van der Waals surface area contributed by atoms with E-state index in [1.54, 1.807) is 36.7 Å². The van der Waals surface area contributed by atoms with Crippen molar-refractivity contribution in [2.75, 3.05) is 0 Å². The highest BCUT2D eigenvalue weighted by Gasteiger charge is 2.15. The molecule has 18 heavy (non-hydrogen) atoms. The van der Waals surface area contributed by atoms with Gasteiger partial charge in [0.15, 0.2) is 5.52 Å². The first kappa shape index (κ1) is 10.4. The molecular weight excluding hydrogens is 232 g/mol. The summed E-state index contributed by atoms with van der Waals surface area (Å²) in [5, 5.41) is 10.9. The van der Waals surface area contributed by atoms with E-state index in [-0.39, 0.29) is 5.69 Å². The summed E-state index contributed by atoms with van der Waals surface area (Å²) < 4.78 is 0. The first-order chi connectivity index (χ1) is 8.75. The number of aromatic nitrogens is 3. The van der Waals surface area contributed by atoms with E-state index in [1.165, 1.54) is 6.07 Å². The van der Waals surface area contributed by atoms with E-state index in [0.717, 1.165) is 5.56 Å². The minimum Gasteiger partial charge on any atom is -0.338 e. The van der Waals surface area contributed by atoms with Gasteiger partial charge in [-0.25, -0.2) is 4.98 Å². The maximum atomic E-state index is 10.9. The van der Waals surface area contributed by atoms with Gasteiger partial charge in [-0.15, -0.1) is 0 Å². The van der Waals surface area contributed by atoms with Crippen LogP contribution in [0.2, 0.25) is 0 Å². The van der Waals surface area contributed by atoms with Crippen molar-refractivity contribution < 1.29 is 4.92 Å². The van der Waals surface area contributed by atoms with Crippen molar-refractivity contribution in [3.05, 3.63) is 52.8 Å². The molecule has 0 atom stereocenters. The monoisotopic (exact) mass is 240 g/mol. The van der Waals surface area contributed by atoms with Gasteiger partial charge < -0.3 is 4.98 Å². The van der Waals surface area contributed by atoms with Crippen LogP contribution in [-0.4, -0.2) is 19.9 Å². The maximum absolute atomic E-state index is 10.9. The zero-order valence-corrected chi connectivity index (χ0v) is 9.20. The van der Waals surface area contributed by atoms with Crippen LogP contribution in [0.15, 0.2) is 42.7 Å². The topological polar surface area (TPSA) is 84.7 Å². The standard InChI is InChI=1S/C12H8N4O2/c17-16(18)10-3-1-2-9-11(10)15-12(14-9)8-4-6-13-7-5-8/h1-7H,(H,14,15). The molecule has 88 valence electrons. The number of para-hydroxylation sites is 1. The van der Waals surface area contributed by atoms with Gasteiger partial charge in [0.1, 0.15) is 5.82 Å². The number of hydrogen-bond donors (Lipinski definition) is 1. The van der Waals surface area contributed by atoms with E-state index in [4.69, 9.17) is 0 Å². The maximum Gasteiger partial charge on any atom is 0.297 e. The summed E-state index contributed by atoms with van der Waals surface area (Å²) in [5.41, 5.74) is 1.87. The summed E-state index contributed by atoms with van der Waals surface area (Å²) in [6.07, 6.45) is 3.30. The van der Waals surface area contributed by atoms with Crippen molar-refractivity contribution in [1.29, 1.82) is 0 Å². The van der Waals surface area contributed by atoms with E-state index in [9.17, 15) is 10.1 Å². The molecule has 0 aliphatic rings. The fourth-order valence-electron chi connectivity index (χ4n) is 1.81. The van der Waals surface area contributed by atoms with Gasteiger partial charge in [0, 0.05) is 24.0 Å². The third-order valence-corrected chi connectivity index (χ3v) is 2.64. The zero-order chi connectivity index (χ0) is 12.5. The van der Waals surface area contributed by atoms with Gasteiger partial charge in [-0.1, -0.05) is 6.07 Å². The highest BCUT2D eigenvalue weighted by atomic mass is 16.6. The molecule has 0 fully saturated rings. The third-order valence-electron chi connectivity index (χ3n) is 2.64. The van der Waals surface area contributed by atoms with Gasteiger partial charge in [0.2, 0.25) is 0 Å². The first-order valence-corrected chi connectivity index (χ1v) is 5.29. The molecule has 0 saturated carbocycles. The van der Waals surface area contributed by atoms with Crippen LogP contribution in [0.5, 0.6) is 0 Å². The molecule has 2 aromatic heterocycles. The van der Waals surface area contributed by atoms with Crippen molar-refractivity contribution >= 4 is 16.7 Å². The van der Waals surface area contributed by atoms with Crippen LogP contribution in [0.3, 0.4) is 0 Å². The van der Waals surface area contributed by atoms with Crippen molar-refractivity contribution in [2.45, 2.75) is 0 Å². The lowest BCUT2D eigenvalue weighted by Crippen LogP contribution is -1.88. The molecule has 6 heteroatoms. The van der Waals surface area contributed by atoms with Crippen LogP contribution < -0.4 is 0 Å². The van der Waals surface area contributed by atoms with Crippen LogP contribution in [-0.2, 0) is 0 Å². The number of pyridine rings is 1. The van der Waals surface area contributed by atoms with Crippen LogP contribution in [0.25, 0.3) is 22.4 Å². The molecular formula is C12H8N4O2. The molecule has 0 aliphatic carbocycles. The lowest BCUT2D eigenvalue weighted by molar-refractivity contribution is -0.383. The average Bonchev–Trinajstić information content (AvgIpc) is 2.83. The normalized spacial score (nSPS) is 10.7. The van der Waals surface area contributed by atoms with E-state index in [1.807, 2.05) is 0 Å². The third kappa shape index (κ3) is 1.60. The number of nitrogens with zero attached hydrogens (tertiary/aromatic N) is 3. The Morgan fingerprint density at radius 3 is 2.67 bits per heavy atom. The van der Waals surface area contributed by atoms with Gasteiger partial charge >= 0.3 is 0 Å². The van der Waals surface area contributed by atoms with Gasteiger partial charge in [0.05, 0.1) is 10.4 Å². The van der Waals surface area contributed by atoms with E-state index in [2.05, 4.69) is 15.0 Å². The number of rotatable bonds is 2. The molecule has 1 aromatic carbocycles. The number of imidazole rings is 1. The number of H-pyrrole nitrogens is 1. The highest BCUT2D eigenvalue weighted by molar-refractivity contribution is 5.87. The fourth-order valence-corrected chi connectivity index (χ4v) is 1.81. The number of hydrogen-bond acceptors (Lipinski definition) is 4. The smallest absolute Gasteiger partial charge is 0.297 e. The van der Waals surface area contributed by atoms with E-state index in [0.29, 0.717) is 16.9 Å². The molecule has 0 spiro atoms. The van der Waals surface area contributed by atoms with Crippen LogP contribution in [0.4, 0.5) is 5.69 Å². The van der Waals surface area contributed by atoms with Gasteiger partial charge in [-0.3, -0.25) is 15.1 Å². The predicted octanol–water partition coefficient (Wildman–Crippen LogP) is 2.53. The molecule has 0 saturated heterocycles. The van der Waals surface area contributed by atoms with Gasteiger partial charge in [0.25, 0.3) is 5.69 Å². The van der Waals surface area contributed by atoms with Crippen molar-refractivity contribution in [3.63, 3.8) is 0 Å². The summed E-state index contributed by atoms with van der Waals surface area (Å²) in [4.78, 5) is 21.7. The Morgan fingerprint density at radius 1 is 1.17 bits per heavy atom. The van der Waals surface area contributed by atoms with Crippen LogP contribution >= 0.6 is 0 Å². The lowest BCUT2D eigenvalue weighted by Gasteiger charge is -1.92. The number of non-ortho nitro benzene ring substituents is 1. The Kier molecular flexibility index (Phi) is 2.26. The summed E-state index contributed by atoms with van der Waals surface area (Å²) in [6, 6.07) is 8.43. The number of fused-ring (bicyclic) bond motifs is 1. The van der Waals surface area contributed by atoms with E-state index < -0.39 is 4.92 Å². The Labute approximate surface area is 101 Å². The Hall–Kier alpha value is -2.76. The Balaban J connectivity index is 2.23.